The maximum atomic E-state index is 12.7. The van der Waals surface area contributed by atoms with Gasteiger partial charge in [-0.05, 0) is 6.07 Å². The number of hydrogen-bond acceptors (Lipinski definition) is 4. The fraction of sp³-hybridized carbons (Fsp3) is 0.400. The van der Waals surface area contributed by atoms with Gasteiger partial charge in [-0.15, -0.1) is 13.2 Å². The van der Waals surface area contributed by atoms with Gasteiger partial charge in [0.05, 0.1) is 13.5 Å². The fourth-order valence-corrected chi connectivity index (χ4v) is 1.38. The van der Waals surface area contributed by atoms with Crippen LogP contribution < -0.4 is 9.47 Å². The van der Waals surface area contributed by atoms with Crippen LogP contribution >= 0.6 is 0 Å². The lowest BCUT2D eigenvalue weighted by atomic mass is 10.1. The molecule has 0 amide bonds. The number of halogens is 6. The normalized spacial score (nSPS) is 12.1. The number of hydrogen-bond donors (Lipinski definition) is 1. The maximum Gasteiger partial charge on any atom is 0.574 e. The van der Waals surface area contributed by atoms with Crippen molar-refractivity contribution in [3.63, 3.8) is 0 Å². The van der Waals surface area contributed by atoms with Crippen LogP contribution in [0.15, 0.2) is 6.07 Å². The van der Waals surface area contributed by atoms with Gasteiger partial charge in [-0.2, -0.15) is 18.2 Å². The van der Waals surface area contributed by atoms with Crippen LogP contribution in [0.25, 0.3) is 0 Å². The van der Waals surface area contributed by atoms with Crippen molar-refractivity contribution in [3.05, 3.63) is 17.2 Å². The third-order valence-corrected chi connectivity index (χ3v) is 2.08. The number of alkyl halides is 6. The Labute approximate surface area is 113 Å². The number of methoxy groups -OCH3 is 1. The predicted octanol–water partition coefficient (Wildman–Crippen LogP) is 2.63. The zero-order chi connectivity index (χ0) is 16.4. The summed E-state index contributed by atoms with van der Waals surface area (Å²) in [4.78, 5) is 13.5. The van der Waals surface area contributed by atoms with E-state index in [2.05, 4.69) is 14.5 Å². The lowest BCUT2D eigenvalue weighted by molar-refractivity contribution is -0.278. The van der Waals surface area contributed by atoms with Crippen LogP contribution in [0, 0.1) is 0 Å². The van der Waals surface area contributed by atoms with Crippen molar-refractivity contribution in [3.8, 4) is 11.8 Å². The summed E-state index contributed by atoms with van der Waals surface area (Å²) in [5.41, 5.74) is -2.39. The van der Waals surface area contributed by atoms with Crippen molar-refractivity contribution < 1.29 is 45.7 Å². The number of nitrogens with zero attached hydrogens (tertiary/aromatic N) is 1. The molecule has 0 aliphatic rings. The summed E-state index contributed by atoms with van der Waals surface area (Å²) in [7, 11) is 0.915. The molecule has 1 aromatic heterocycles. The minimum Gasteiger partial charge on any atom is -0.481 e. The van der Waals surface area contributed by atoms with E-state index in [-0.39, 0.29) is 6.07 Å². The largest absolute Gasteiger partial charge is 0.574 e. The van der Waals surface area contributed by atoms with Crippen LogP contribution in [0.1, 0.15) is 11.1 Å². The molecule has 118 valence electrons. The summed E-state index contributed by atoms with van der Waals surface area (Å²) in [6.07, 6.45) is -11.5. The van der Waals surface area contributed by atoms with Gasteiger partial charge in [0.1, 0.15) is 5.56 Å². The van der Waals surface area contributed by atoms with E-state index in [1.807, 2.05) is 0 Å². The van der Waals surface area contributed by atoms with Gasteiger partial charge in [0.25, 0.3) is 0 Å². The Morgan fingerprint density at radius 2 is 1.81 bits per heavy atom. The van der Waals surface area contributed by atoms with E-state index in [9.17, 15) is 31.1 Å². The predicted molar refractivity (Wildman–Crippen MR) is 53.8 cm³/mol. The molecule has 21 heavy (non-hydrogen) atoms. The molecule has 11 heteroatoms. The van der Waals surface area contributed by atoms with Gasteiger partial charge in [0.2, 0.25) is 11.8 Å². The Morgan fingerprint density at radius 1 is 1.24 bits per heavy atom. The van der Waals surface area contributed by atoms with Crippen LogP contribution in [0.2, 0.25) is 0 Å². The van der Waals surface area contributed by atoms with Crippen LogP contribution in [0.4, 0.5) is 26.3 Å². The zero-order valence-electron chi connectivity index (χ0n) is 10.2. The molecule has 0 aromatic carbocycles. The zero-order valence-corrected chi connectivity index (χ0v) is 10.2. The molecule has 1 rings (SSSR count). The van der Waals surface area contributed by atoms with E-state index < -0.39 is 47.8 Å². The summed E-state index contributed by atoms with van der Waals surface area (Å²) in [6.45, 7) is 0. The monoisotopic (exact) mass is 319 g/mol. The van der Waals surface area contributed by atoms with Gasteiger partial charge >= 0.3 is 18.5 Å². The summed E-state index contributed by atoms with van der Waals surface area (Å²) >= 11 is 0. The van der Waals surface area contributed by atoms with E-state index in [1.165, 1.54) is 0 Å². The second-order valence-corrected chi connectivity index (χ2v) is 3.63. The number of carboxylic acids is 1. The summed E-state index contributed by atoms with van der Waals surface area (Å²) in [5, 5.41) is 8.56. The Kier molecular flexibility index (Phi) is 4.54. The van der Waals surface area contributed by atoms with Gasteiger partial charge in [-0.25, -0.2) is 0 Å². The van der Waals surface area contributed by atoms with E-state index >= 15 is 0 Å². The highest BCUT2D eigenvalue weighted by atomic mass is 19.4. The summed E-state index contributed by atoms with van der Waals surface area (Å²) < 4.78 is 82.1. The highest BCUT2D eigenvalue weighted by molar-refractivity contribution is 5.71. The first-order valence-corrected chi connectivity index (χ1v) is 5.06. The molecule has 0 radical (unpaired) electrons. The number of pyridine rings is 1. The van der Waals surface area contributed by atoms with Crippen molar-refractivity contribution in [2.24, 2.45) is 0 Å². The number of ether oxygens (including phenoxy) is 2. The highest BCUT2D eigenvalue weighted by Crippen LogP contribution is 2.39. The molecule has 0 unspecified atom stereocenters. The Hall–Kier alpha value is -2.20. The number of carbonyl (C=O) groups is 1. The molecule has 0 aliphatic heterocycles. The van der Waals surface area contributed by atoms with E-state index in [0.29, 0.717) is 0 Å². The van der Waals surface area contributed by atoms with Crippen LogP contribution in [-0.2, 0) is 17.4 Å². The van der Waals surface area contributed by atoms with Crippen molar-refractivity contribution in [2.75, 3.05) is 7.11 Å². The van der Waals surface area contributed by atoms with Crippen molar-refractivity contribution >= 4 is 5.97 Å². The first-order valence-electron chi connectivity index (χ1n) is 5.06. The average molecular weight is 319 g/mol. The standard InChI is InChI=1S/C10H7F6NO4/c1-20-7-4(3-6(18)19)2-5(9(11,12)13)8(17-7)21-10(14,15)16/h2H,3H2,1H3,(H,18,19). The van der Waals surface area contributed by atoms with E-state index in [1.54, 1.807) is 0 Å². The highest BCUT2D eigenvalue weighted by Gasteiger charge is 2.41. The molecule has 0 fully saturated rings. The van der Waals surface area contributed by atoms with Crippen LogP contribution in [0.3, 0.4) is 0 Å². The molecular weight excluding hydrogens is 312 g/mol. The van der Waals surface area contributed by atoms with Gasteiger partial charge in [0, 0.05) is 5.56 Å². The maximum absolute atomic E-state index is 12.7. The lowest BCUT2D eigenvalue weighted by Gasteiger charge is -2.16. The van der Waals surface area contributed by atoms with Gasteiger partial charge in [-0.3, -0.25) is 4.79 Å². The molecule has 0 aliphatic carbocycles. The number of rotatable bonds is 4. The number of aromatic nitrogens is 1. The Morgan fingerprint density at radius 3 is 2.19 bits per heavy atom. The second kappa shape index (κ2) is 5.66. The Bertz CT molecular complexity index is 540. The first-order chi connectivity index (χ1) is 9.44. The van der Waals surface area contributed by atoms with Crippen LogP contribution in [-0.4, -0.2) is 29.5 Å². The van der Waals surface area contributed by atoms with Gasteiger partial charge < -0.3 is 14.6 Å². The van der Waals surface area contributed by atoms with Gasteiger partial charge in [0.15, 0.2) is 0 Å². The molecule has 0 bridgehead atoms. The molecule has 0 saturated carbocycles. The summed E-state index contributed by atoms with van der Waals surface area (Å²) in [5.74, 6) is -3.97. The van der Waals surface area contributed by atoms with Crippen molar-refractivity contribution in [1.82, 2.24) is 4.98 Å². The molecule has 0 atom stereocenters. The van der Waals surface area contributed by atoms with E-state index in [4.69, 9.17) is 5.11 Å². The molecule has 0 saturated heterocycles. The minimum atomic E-state index is -5.40. The third kappa shape index (κ3) is 4.68. The van der Waals surface area contributed by atoms with Crippen molar-refractivity contribution in [2.45, 2.75) is 19.0 Å². The third-order valence-electron chi connectivity index (χ3n) is 2.08. The molecule has 1 heterocycles. The lowest BCUT2D eigenvalue weighted by Crippen LogP contribution is -2.22. The van der Waals surface area contributed by atoms with Crippen LogP contribution in [0.5, 0.6) is 11.8 Å². The SMILES string of the molecule is COc1nc(OC(F)(F)F)c(C(F)(F)F)cc1CC(=O)O. The molecule has 5 nitrogen and oxygen atoms in total. The molecule has 0 spiro atoms. The number of carboxylic acid groups (broad SMARTS) is 1. The van der Waals surface area contributed by atoms with E-state index in [0.717, 1.165) is 7.11 Å². The second-order valence-electron chi connectivity index (χ2n) is 3.63. The quantitative estimate of drug-likeness (QED) is 0.864. The molecular formula is C10H7F6NO4. The number of aliphatic carboxylic acids is 1. The first kappa shape index (κ1) is 16.9. The van der Waals surface area contributed by atoms with Gasteiger partial charge in [-0.1, -0.05) is 0 Å². The molecule has 1 N–H and O–H groups in total. The molecule has 1 aromatic rings. The smallest absolute Gasteiger partial charge is 0.481 e. The summed E-state index contributed by atoms with van der Waals surface area (Å²) in [6, 6.07) is 0.195. The topological polar surface area (TPSA) is 68.7 Å². The minimum absolute atomic E-state index is 0.195. The average Bonchev–Trinajstić information content (AvgIpc) is 2.26. The Balaban J connectivity index is 3.45. The fourth-order valence-electron chi connectivity index (χ4n) is 1.38. The van der Waals surface area contributed by atoms with Crippen molar-refractivity contribution in [1.29, 1.82) is 0 Å².